The van der Waals surface area contributed by atoms with E-state index in [9.17, 15) is 4.79 Å². The molecule has 1 fully saturated rings. The van der Waals surface area contributed by atoms with Crippen LogP contribution in [0.15, 0.2) is 0 Å². The largest absolute Gasteiger partial charge is 0.353 e. The molecule has 1 rings (SSSR count). The van der Waals surface area contributed by atoms with E-state index in [0.717, 1.165) is 0 Å². The van der Waals surface area contributed by atoms with Crippen molar-refractivity contribution in [3.63, 3.8) is 0 Å². The molecular weight excluding hydrogens is 224 g/mol. The maximum absolute atomic E-state index is 12.4. The molecule has 1 atom stereocenters. The number of nitrogens with one attached hydrogen (secondary N) is 1. The SMILES string of the molecule is C[C@H](NC(=O)C(C)(C)C(C)(C)N)C1CCCCC1. The molecule has 0 saturated heterocycles. The third-order valence-corrected chi connectivity index (χ3v) is 4.89. The Labute approximate surface area is 112 Å². The molecular formula is C15H30N2O. The second-order valence-electron chi connectivity index (χ2n) is 7.01. The van der Waals surface area contributed by atoms with Gasteiger partial charge in [0.1, 0.15) is 0 Å². The van der Waals surface area contributed by atoms with Gasteiger partial charge in [0.2, 0.25) is 5.91 Å². The molecule has 1 aliphatic carbocycles. The zero-order chi connectivity index (χ0) is 14.0. The Morgan fingerprint density at radius 2 is 1.67 bits per heavy atom. The molecule has 0 heterocycles. The predicted molar refractivity (Wildman–Crippen MR) is 76.2 cm³/mol. The van der Waals surface area contributed by atoms with E-state index in [1.807, 2.05) is 27.7 Å². The van der Waals surface area contributed by atoms with Gasteiger partial charge >= 0.3 is 0 Å². The summed E-state index contributed by atoms with van der Waals surface area (Å²) in [7, 11) is 0. The van der Waals surface area contributed by atoms with Crippen molar-refractivity contribution in [3.05, 3.63) is 0 Å². The Kier molecular flexibility index (Phi) is 4.82. The zero-order valence-electron chi connectivity index (χ0n) is 12.7. The smallest absolute Gasteiger partial charge is 0.227 e. The summed E-state index contributed by atoms with van der Waals surface area (Å²) in [5, 5.41) is 3.18. The van der Waals surface area contributed by atoms with Gasteiger partial charge in [-0.05, 0) is 53.4 Å². The minimum absolute atomic E-state index is 0.0769. The molecule has 1 saturated carbocycles. The molecule has 1 aliphatic rings. The number of nitrogens with two attached hydrogens (primary N) is 1. The van der Waals surface area contributed by atoms with Crippen LogP contribution in [0.3, 0.4) is 0 Å². The molecule has 1 amide bonds. The third-order valence-electron chi connectivity index (χ3n) is 4.89. The molecule has 0 radical (unpaired) electrons. The van der Waals surface area contributed by atoms with Crippen molar-refractivity contribution >= 4 is 5.91 Å². The highest BCUT2D eigenvalue weighted by molar-refractivity contribution is 5.83. The van der Waals surface area contributed by atoms with Crippen molar-refractivity contribution in [2.75, 3.05) is 0 Å². The highest BCUT2D eigenvalue weighted by atomic mass is 16.2. The van der Waals surface area contributed by atoms with Crippen LogP contribution in [0.25, 0.3) is 0 Å². The lowest BCUT2D eigenvalue weighted by atomic mass is 9.74. The van der Waals surface area contributed by atoms with E-state index in [4.69, 9.17) is 5.73 Å². The summed E-state index contributed by atoms with van der Waals surface area (Å²) >= 11 is 0. The lowest BCUT2D eigenvalue weighted by Crippen LogP contribution is -2.57. The summed E-state index contributed by atoms with van der Waals surface area (Å²) < 4.78 is 0. The molecule has 0 bridgehead atoms. The molecule has 18 heavy (non-hydrogen) atoms. The quantitative estimate of drug-likeness (QED) is 0.810. The van der Waals surface area contributed by atoms with Crippen molar-refractivity contribution < 1.29 is 4.79 Å². The highest BCUT2D eigenvalue weighted by Crippen LogP contribution is 2.30. The fourth-order valence-corrected chi connectivity index (χ4v) is 2.43. The Balaban J connectivity index is 2.58. The molecule has 106 valence electrons. The van der Waals surface area contributed by atoms with Crippen LogP contribution in [0.5, 0.6) is 0 Å². The molecule has 0 aromatic rings. The van der Waals surface area contributed by atoms with Crippen LogP contribution < -0.4 is 11.1 Å². The maximum atomic E-state index is 12.4. The first-order valence-corrected chi connectivity index (χ1v) is 7.26. The molecule has 3 N–H and O–H groups in total. The summed E-state index contributed by atoms with van der Waals surface area (Å²) in [6.07, 6.45) is 6.44. The van der Waals surface area contributed by atoms with Crippen molar-refractivity contribution in [2.45, 2.75) is 78.3 Å². The van der Waals surface area contributed by atoms with Gasteiger partial charge in [-0.3, -0.25) is 4.79 Å². The first-order valence-electron chi connectivity index (χ1n) is 7.26. The second kappa shape index (κ2) is 5.60. The van der Waals surface area contributed by atoms with E-state index in [1.165, 1.54) is 32.1 Å². The second-order valence-corrected chi connectivity index (χ2v) is 7.01. The van der Waals surface area contributed by atoms with Gasteiger partial charge in [0.15, 0.2) is 0 Å². The van der Waals surface area contributed by atoms with Crippen LogP contribution in [0.4, 0.5) is 0 Å². The number of carbonyl (C=O) groups is 1. The van der Waals surface area contributed by atoms with E-state index >= 15 is 0 Å². The van der Waals surface area contributed by atoms with Crippen molar-refractivity contribution in [1.82, 2.24) is 5.32 Å². The zero-order valence-corrected chi connectivity index (χ0v) is 12.7. The minimum Gasteiger partial charge on any atom is -0.353 e. The fourth-order valence-electron chi connectivity index (χ4n) is 2.43. The molecule has 0 aliphatic heterocycles. The fraction of sp³-hybridized carbons (Fsp3) is 0.933. The van der Waals surface area contributed by atoms with Gasteiger partial charge in [0.25, 0.3) is 0 Å². The average Bonchev–Trinajstić information content (AvgIpc) is 2.28. The van der Waals surface area contributed by atoms with E-state index in [1.54, 1.807) is 0 Å². The summed E-state index contributed by atoms with van der Waals surface area (Å²) in [4.78, 5) is 12.4. The van der Waals surface area contributed by atoms with E-state index in [0.29, 0.717) is 5.92 Å². The predicted octanol–water partition coefficient (Wildman–Crippen LogP) is 2.83. The van der Waals surface area contributed by atoms with Gasteiger partial charge < -0.3 is 11.1 Å². The van der Waals surface area contributed by atoms with Crippen LogP contribution in [0.1, 0.15) is 66.7 Å². The molecule has 3 nitrogen and oxygen atoms in total. The first-order chi connectivity index (χ1) is 8.16. The number of carbonyl (C=O) groups excluding carboxylic acids is 1. The summed E-state index contributed by atoms with van der Waals surface area (Å²) in [6.45, 7) is 9.81. The van der Waals surface area contributed by atoms with Gasteiger partial charge in [-0.1, -0.05) is 19.3 Å². The van der Waals surface area contributed by atoms with Gasteiger partial charge in [0.05, 0.1) is 5.41 Å². The molecule has 0 spiro atoms. The van der Waals surface area contributed by atoms with Crippen LogP contribution in [0, 0.1) is 11.3 Å². The van der Waals surface area contributed by atoms with Gasteiger partial charge in [-0.25, -0.2) is 0 Å². The lowest BCUT2D eigenvalue weighted by Gasteiger charge is -2.39. The highest BCUT2D eigenvalue weighted by Gasteiger charge is 2.41. The van der Waals surface area contributed by atoms with Gasteiger partial charge in [-0.15, -0.1) is 0 Å². The first kappa shape index (κ1) is 15.5. The standard InChI is InChI=1S/C15H30N2O/c1-11(12-9-7-6-8-10-12)17-13(18)14(2,3)15(4,5)16/h11-12H,6-10,16H2,1-5H3,(H,17,18)/t11-/m0/s1. The number of rotatable bonds is 4. The van der Waals surface area contributed by atoms with Crippen molar-refractivity contribution in [3.8, 4) is 0 Å². The van der Waals surface area contributed by atoms with Gasteiger partial charge in [0, 0.05) is 11.6 Å². The minimum atomic E-state index is -0.546. The number of amides is 1. The lowest BCUT2D eigenvalue weighted by molar-refractivity contribution is -0.133. The van der Waals surface area contributed by atoms with E-state index < -0.39 is 11.0 Å². The van der Waals surface area contributed by atoms with Gasteiger partial charge in [-0.2, -0.15) is 0 Å². The van der Waals surface area contributed by atoms with E-state index in [2.05, 4.69) is 12.2 Å². The normalized spacial score (nSPS) is 20.6. The Hall–Kier alpha value is -0.570. The summed E-state index contributed by atoms with van der Waals surface area (Å²) in [5.41, 5.74) is 5.05. The molecule has 3 heteroatoms. The van der Waals surface area contributed by atoms with Crippen molar-refractivity contribution in [1.29, 1.82) is 0 Å². The monoisotopic (exact) mass is 254 g/mol. The summed E-state index contributed by atoms with van der Waals surface area (Å²) in [5.74, 6) is 0.715. The topological polar surface area (TPSA) is 55.1 Å². The molecule has 0 aromatic heterocycles. The van der Waals surface area contributed by atoms with Crippen LogP contribution in [0.2, 0.25) is 0 Å². The van der Waals surface area contributed by atoms with Crippen LogP contribution >= 0.6 is 0 Å². The third kappa shape index (κ3) is 3.47. The Morgan fingerprint density at radius 3 is 2.11 bits per heavy atom. The number of hydrogen-bond donors (Lipinski definition) is 2. The molecule has 0 aromatic carbocycles. The van der Waals surface area contributed by atoms with E-state index in [-0.39, 0.29) is 11.9 Å². The average molecular weight is 254 g/mol. The Morgan fingerprint density at radius 1 is 1.17 bits per heavy atom. The van der Waals surface area contributed by atoms with Crippen LogP contribution in [-0.4, -0.2) is 17.5 Å². The van der Waals surface area contributed by atoms with Crippen LogP contribution in [-0.2, 0) is 4.79 Å². The maximum Gasteiger partial charge on any atom is 0.227 e. The Bertz CT molecular complexity index is 285. The number of hydrogen-bond acceptors (Lipinski definition) is 2. The summed E-state index contributed by atoms with van der Waals surface area (Å²) in [6, 6.07) is 0.263. The molecule has 0 unspecified atom stereocenters. The van der Waals surface area contributed by atoms with Crippen molar-refractivity contribution in [2.24, 2.45) is 17.1 Å².